The van der Waals surface area contributed by atoms with Gasteiger partial charge in [-0.2, -0.15) is 0 Å². The smallest absolute Gasteiger partial charge is 0.155 e. The van der Waals surface area contributed by atoms with Gasteiger partial charge in [0, 0.05) is 24.0 Å². The summed E-state index contributed by atoms with van der Waals surface area (Å²) in [5.74, 6) is 0.350. The maximum Gasteiger partial charge on any atom is 0.155 e. The monoisotopic (exact) mass is 326 g/mol. The second-order valence-corrected chi connectivity index (χ2v) is 7.10. The number of pyridine rings is 1. The number of Topliss-reactive ketones (excluding diaryl/α,β-unsaturated/α-hetero) is 1. The number of nitrogens with one attached hydrogen (secondary N) is 1. The summed E-state index contributed by atoms with van der Waals surface area (Å²) >= 11 is 6.01. The third-order valence-corrected chi connectivity index (χ3v) is 5.66. The van der Waals surface area contributed by atoms with Crippen LogP contribution < -0.4 is 5.32 Å². The summed E-state index contributed by atoms with van der Waals surface area (Å²) in [5, 5.41) is 4.10. The highest BCUT2D eigenvalue weighted by Crippen LogP contribution is 2.54. The number of hydrogen-bond donors (Lipinski definition) is 1. The molecule has 1 aromatic carbocycles. The van der Waals surface area contributed by atoms with Crippen LogP contribution in [0.5, 0.6) is 0 Å². The minimum atomic E-state index is -0.431. The Balaban J connectivity index is 1.76. The summed E-state index contributed by atoms with van der Waals surface area (Å²) in [6.45, 7) is 1.59. The summed E-state index contributed by atoms with van der Waals surface area (Å²) in [7, 11) is 0. The highest BCUT2D eigenvalue weighted by Gasteiger charge is 2.59. The lowest BCUT2D eigenvalue weighted by molar-refractivity contribution is -0.126. The first-order valence-corrected chi connectivity index (χ1v) is 8.47. The van der Waals surface area contributed by atoms with E-state index in [4.69, 9.17) is 11.6 Å². The van der Waals surface area contributed by atoms with E-state index in [9.17, 15) is 4.79 Å². The highest BCUT2D eigenvalue weighted by molar-refractivity contribution is 6.30. The predicted octanol–water partition coefficient (Wildman–Crippen LogP) is 3.27. The molecule has 1 atom stereocenters. The molecule has 2 heterocycles. The van der Waals surface area contributed by atoms with Crippen LogP contribution in [0.1, 0.15) is 30.4 Å². The van der Waals surface area contributed by atoms with Gasteiger partial charge in [0.1, 0.15) is 0 Å². The summed E-state index contributed by atoms with van der Waals surface area (Å²) in [6, 6.07) is 11.8. The Bertz CT molecular complexity index is 717. The molecule has 4 heteroatoms. The lowest BCUT2D eigenvalue weighted by Crippen LogP contribution is -2.44. The van der Waals surface area contributed by atoms with E-state index in [1.54, 1.807) is 12.4 Å². The van der Waals surface area contributed by atoms with Crippen molar-refractivity contribution >= 4 is 17.4 Å². The normalized spacial score (nSPS) is 25.3. The van der Waals surface area contributed by atoms with E-state index < -0.39 is 5.41 Å². The fraction of sp³-hybridized carbons (Fsp3) is 0.368. The summed E-state index contributed by atoms with van der Waals surface area (Å²) in [6.07, 6.45) is 6.28. The topological polar surface area (TPSA) is 42.0 Å². The van der Waals surface area contributed by atoms with Gasteiger partial charge in [0.15, 0.2) is 5.78 Å². The first kappa shape index (κ1) is 14.9. The standard InChI is InChI=1S/C19H19ClN2O/c20-16-3-1-14(2-4-16)18(7-8-18)17(23)19(9-12-22-13-19)15-5-10-21-11-6-15/h1-6,10-11,22H,7-9,12-13H2/t19-/m0/s1. The van der Waals surface area contributed by atoms with Crippen LogP contribution in [0.3, 0.4) is 0 Å². The van der Waals surface area contributed by atoms with E-state index in [0.717, 1.165) is 36.9 Å². The quantitative estimate of drug-likeness (QED) is 0.937. The van der Waals surface area contributed by atoms with Crippen molar-refractivity contribution in [1.29, 1.82) is 0 Å². The Kier molecular flexibility index (Phi) is 3.51. The number of halogens is 1. The lowest BCUT2D eigenvalue weighted by Gasteiger charge is -2.32. The van der Waals surface area contributed by atoms with Crippen molar-refractivity contribution in [3.8, 4) is 0 Å². The van der Waals surface area contributed by atoms with E-state index in [1.165, 1.54) is 0 Å². The van der Waals surface area contributed by atoms with Crippen molar-refractivity contribution in [3.63, 3.8) is 0 Å². The molecule has 1 aromatic heterocycles. The molecule has 4 rings (SSSR count). The number of ketones is 1. The van der Waals surface area contributed by atoms with Crippen molar-refractivity contribution in [2.45, 2.75) is 30.1 Å². The van der Waals surface area contributed by atoms with Gasteiger partial charge < -0.3 is 5.32 Å². The molecule has 0 unspecified atom stereocenters. The Labute approximate surface area is 141 Å². The molecule has 1 saturated carbocycles. The number of aromatic nitrogens is 1. The van der Waals surface area contributed by atoms with Crippen molar-refractivity contribution in [2.75, 3.05) is 13.1 Å². The van der Waals surface area contributed by atoms with Crippen molar-refractivity contribution in [2.24, 2.45) is 0 Å². The van der Waals surface area contributed by atoms with Gasteiger partial charge in [0.05, 0.1) is 10.8 Å². The van der Waals surface area contributed by atoms with E-state index in [0.29, 0.717) is 17.4 Å². The van der Waals surface area contributed by atoms with Gasteiger partial charge in [0.2, 0.25) is 0 Å². The van der Waals surface area contributed by atoms with Crippen LogP contribution in [-0.2, 0) is 15.6 Å². The minimum Gasteiger partial charge on any atom is -0.315 e. The van der Waals surface area contributed by atoms with E-state index in [-0.39, 0.29) is 5.41 Å². The van der Waals surface area contributed by atoms with Crippen LogP contribution in [0.2, 0.25) is 5.02 Å². The van der Waals surface area contributed by atoms with Gasteiger partial charge >= 0.3 is 0 Å². The number of carbonyl (C=O) groups is 1. The molecule has 2 fully saturated rings. The fourth-order valence-electron chi connectivity index (χ4n) is 3.93. The van der Waals surface area contributed by atoms with Crippen LogP contribution >= 0.6 is 11.6 Å². The third kappa shape index (κ3) is 2.30. The van der Waals surface area contributed by atoms with Crippen molar-refractivity contribution in [3.05, 3.63) is 64.9 Å². The first-order chi connectivity index (χ1) is 11.2. The average Bonchev–Trinajstić information content (AvgIpc) is 3.25. The Hall–Kier alpha value is -1.71. The summed E-state index contributed by atoms with van der Waals surface area (Å²) < 4.78 is 0. The molecule has 0 radical (unpaired) electrons. The molecule has 2 aromatic rings. The van der Waals surface area contributed by atoms with Gasteiger partial charge in [-0.1, -0.05) is 23.7 Å². The zero-order chi connectivity index (χ0) is 15.9. The Morgan fingerprint density at radius 1 is 0.957 bits per heavy atom. The summed E-state index contributed by atoms with van der Waals surface area (Å²) in [5.41, 5.74) is 1.42. The highest BCUT2D eigenvalue weighted by atomic mass is 35.5. The predicted molar refractivity (Wildman–Crippen MR) is 90.8 cm³/mol. The van der Waals surface area contributed by atoms with Crippen LogP contribution in [0, 0.1) is 0 Å². The van der Waals surface area contributed by atoms with Gasteiger partial charge in [0.25, 0.3) is 0 Å². The van der Waals surface area contributed by atoms with E-state index in [1.807, 2.05) is 36.4 Å². The molecule has 1 saturated heterocycles. The van der Waals surface area contributed by atoms with Crippen LogP contribution in [0.25, 0.3) is 0 Å². The third-order valence-electron chi connectivity index (χ3n) is 5.40. The molecule has 0 amide bonds. The number of benzene rings is 1. The summed E-state index contributed by atoms with van der Waals surface area (Å²) in [4.78, 5) is 17.8. The average molecular weight is 327 g/mol. The van der Waals surface area contributed by atoms with Gasteiger partial charge in [-0.25, -0.2) is 0 Å². The number of hydrogen-bond acceptors (Lipinski definition) is 3. The van der Waals surface area contributed by atoms with Crippen molar-refractivity contribution < 1.29 is 4.79 Å². The fourth-order valence-corrected chi connectivity index (χ4v) is 4.06. The molecule has 0 spiro atoms. The Morgan fingerprint density at radius 3 is 2.17 bits per heavy atom. The lowest BCUT2D eigenvalue weighted by atomic mass is 9.69. The van der Waals surface area contributed by atoms with Crippen LogP contribution in [-0.4, -0.2) is 23.9 Å². The SMILES string of the molecule is O=C(C1(c2ccc(Cl)cc2)CC1)[C@@]1(c2ccncc2)CCNC1. The molecule has 118 valence electrons. The molecule has 0 bridgehead atoms. The van der Waals surface area contributed by atoms with Gasteiger partial charge in [-0.3, -0.25) is 9.78 Å². The van der Waals surface area contributed by atoms with Crippen molar-refractivity contribution in [1.82, 2.24) is 10.3 Å². The second kappa shape index (κ2) is 5.43. The van der Waals surface area contributed by atoms with Crippen LogP contribution in [0.15, 0.2) is 48.8 Å². The zero-order valence-corrected chi connectivity index (χ0v) is 13.6. The number of nitrogens with zero attached hydrogens (tertiary/aromatic N) is 1. The maximum atomic E-state index is 13.6. The first-order valence-electron chi connectivity index (χ1n) is 8.10. The number of carbonyl (C=O) groups excluding carboxylic acids is 1. The van der Waals surface area contributed by atoms with E-state index in [2.05, 4.69) is 10.3 Å². The molecular weight excluding hydrogens is 308 g/mol. The molecule has 3 nitrogen and oxygen atoms in total. The maximum absolute atomic E-state index is 13.6. The van der Waals surface area contributed by atoms with Gasteiger partial charge in [-0.15, -0.1) is 0 Å². The molecular formula is C19H19ClN2O. The molecule has 2 aliphatic rings. The zero-order valence-electron chi connectivity index (χ0n) is 12.9. The molecule has 1 N–H and O–H groups in total. The second-order valence-electron chi connectivity index (χ2n) is 6.66. The largest absolute Gasteiger partial charge is 0.315 e. The number of rotatable bonds is 4. The van der Waals surface area contributed by atoms with Crippen LogP contribution in [0.4, 0.5) is 0 Å². The van der Waals surface area contributed by atoms with E-state index >= 15 is 0 Å². The molecule has 1 aliphatic carbocycles. The molecule has 1 aliphatic heterocycles. The molecule has 23 heavy (non-hydrogen) atoms. The Morgan fingerprint density at radius 2 is 1.61 bits per heavy atom. The minimum absolute atomic E-state index is 0.333. The van der Waals surface area contributed by atoms with Gasteiger partial charge in [-0.05, 0) is 61.2 Å².